The molecule has 1 aromatic rings. The number of piperazine rings is 1. The van der Waals surface area contributed by atoms with Gasteiger partial charge in [0.25, 0.3) is 0 Å². The second-order valence-electron chi connectivity index (χ2n) is 5.47. The number of thioether (sulfide) groups is 1. The van der Waals surface area contributed by atoms with Crippen LogP contribution in [-0.4, -0.2) is 46.6 Å². The molecular weight excluding hydrogens is 246 g/mol. The Bertz CT molecular complexity index is 412. The van der Waals surface area contributed by atoms with Gasteiger partial charge >= 0.3 is 0 Å². The van der Waals surface area contributed by atoms with Gasteiger partial charge in [-0.3, -0.25) is 5.10 Å². The molecule has 1 aromatic heterocycles. The number of hydrogen-bond donors (Lipinski definition) is 2. The number of rotatable bonds is 2. The minimum atomic E-state index is 0.144. The van der Waals surface area contributed by atoms with Gasteiger partial charge in [0.15, 0.2) is 0 Å². The first-order valence-electron chi connectivity index (χ1n) is 6.72. The molecular formula is C12H21N5S. The van der Waals surface area contributed by atoms with Crippen LogP contribution in [0.3, 0.4) is 0 Å². The summed E-state index contributed by atoms with van der Waals surface area (Å²) in [6, 6.07) is 0.511. The molecule has 0 radical (unpaired) electrons. The topological polar surface area (TPSA) is 56.8 Å². The molecule has 0 saturated carbocycles. The fraction of sp³-hybridized carbons (Fsp3) is 0.833. The van der Waals surface area contributed by atoms with Crippen LogP contribution >= 0.6 is 11.8 Å². The summed E-state index contributed by atoms with van der Waals surface area (Å²) in [4.78, 5) is 7.00. The molecule has 2 saturated heterocycles. The van der Waals surface area contributed by atoms with E-state index in [1.54, 1.807) is 0 Å². The summed E-state index contributed by atoms with van der Waals surface area (Å²) in [5.74, 6) is 3.15. The Labute approximate surface area is 112 Å². The molecule has 6 heteroatoms. The van der Waals surface area contributed by atoms with Crippen LogP contribution in [0.2, 0.25) is 0 Å². The third-order valence-electron chi connectivity index (χ3n) is 3.84. The van der Waals surface area contributed by atoms with Gasteiger partial charge in [0, 0.05) is 25.7 Å². The molecule has 100 valence electrons. The van der Waals surface area contributed by atoms with Crippen LogP contribution < -0.4 is 10.2 Å². The van der Waals surface area contributed by atoms with Crippen LogP contribution in [0.15, 0.2) is 0 Å². The van der Waals surface area contributed by atoms with E-state index in [-0.39, 0.29) is 4.75 Å². The highest BCUT2D eigenvalue weighted by Gasteiger charge is 2.35. The Hall–Kier alpha value is -0.750. The number of H-pyrrole nitrogens is 1. The third kappa shape index (κ3) is 2.23. The molecule has 2 atom stereocenters. The number of nitrogens with zero attached hydrogens (tertiary/aromatic N) is 3. The monoisotopic (exact) mass is 267 g/mol. The van der Waals surface area contributed by atoms with E-state index in [1.165, 1.54) is 18.6 Å². The summed E-state index contributed by atoms with van der Waals surface area (Å²) < 4.78 is 0.144. The van der Waals surface area contributed by atoms with Crippen molar-refractivity contribution in [2.75, 3.05) is 30.3 Å². The van der Waals surface area contributed by atoms with Crippen molar-refractivity contribution < 1.29 is 0 Å². The molecule has 0 aliphatic carbocycles. The van der Waals surface area contributed by atoms with Crippen molar-refractivity contribution in [2.24, 2.45) is 0 Å². The van der Waals surface area contributed by atoms with Gasteiger partial charge in [-0.15, -0.1) is 16.9 Å². The predicted molar refractivity (Wildman–Crippen MR) is 75.1 cm³/mol. The Morgan fingerprint density at radius 3 is 3.11 bits per heavy atom. The highest BCUT2D eigenvalue weighted by molar-refractivity contribution is 8.00. The van der Waals surface area contributed by atoms with Crippen molar-refractivity contribution in [3.8, 4) is 0 Å². The zero-order chi connectivity index (χ0) is 12.6. The first kappa shape index (κ1) is 12.3. The van der Waals surface area contributed by atoms with Crippen LogP contribution in [0.5, 0.6) is 0 Å². The summed E-state index contributed by atoms with van der Waals surface area (Å²) in [6.07, 6.45) is 2.48. The Morgan fingerprint density at radius 2 is 2.39 bits per heavy atom. The van der Waals surface area contributed by atoms with Crippen molar-refractivity contribution in [1.82, 2.24) is 20.5 Å². The molecule has 2 N–H and O–H groups in total. The van der Waals surface area contributed by atoms with E-state index in [4.69, 9.17) is 4.98 Å². The van der Waals surface area contributed by atoms with Crippen LogP contribution in [0, 0.1) is 0 Å². The molecule has 3 rings (SSSR count). The van der Waals surface area contributed by atoms with E-state index in [2.05, 4.69) is 34.3 Å². The molecule has 0 aromatic carbocycles. The maximum atomic E-state index is 4.73. The van der Waals surface area contributed by atoms with Crippen molar-refractivity contribution in [3.63, 3.8) is 0 Å². The highest BCUT2D eigenvalue weighted by Crippen LogP contribution is 2.44. The molecule has 0 bridgehead atoms. The normalized spacial score (nSPS) is 33.0. The van der Waals surface area contributed by atoms with E-state index in [1.807, 2.05) is 11.8 Å². The highest BCUT2D eigenvalue weighted by atomic mass is 32.2. The summed E-state index contributed by atoms with van der Waals surface area (Å²) in [5.41, 5.74) is 0. The largest absolute Gasteiger partial charge is 0.337 e. The lowest BCUT2D eigenvalue weighted by Gasteiger charge is -2.30. The average molecular weight is 267 g/mol. The summed E-state index contributed by atoms with van der Waals surface area (Å²) in [6.45, 7) is 7.47. The fourth-order valence-electron chi connectivity index (χ4n) is 2.71. The lowest BCUT2D eigenvalue weighted by molar-refractivity contribution is 0.479. The van der Waals surface area contributed by atoms with E-state index in [9.17, 15) is 0 Å². The van der Waals surface area contributed by atoms with E-state index < -0.39 is 0 Å². The molecule has 3 heterocycles. The zero-order valence-corrected chi connectivity index (χ0v) is 11.9. The predicted octanol–water partition coefficient (Wildman–Crippen LogP) is 1.34. The van der Waals surface area contributed by atoms with Crippen molar-refractivity contribution in [3.05, 3.63) is 5.82 Å². The molecule has 2 aliphatic heterocycles. The maximum Gasteiger partial charge on any atom is 0.244 e. The standard InChI is InChI=1S/C12H21N5S/c1-9-8-17(6-5-13-9)11-14-10(15-16-11)12(2)4-3-7-18-12/h9,13H,3-8H2,1-2H3,(H,14,15,16). The molecule has 0 amide bonds. The number of aromatic amines is 1. The molecule has 0 spiro atoms. The smallest absolute Gasteiger partial charge is 0.244 e. The lowest BCUT2D eigenvalue weighted by Crippen LogP contribution is -2.49. The zero-order valence-electron chi connectivity index (χ0n) is 11.1. The Kier molecular flexibility index (Phi) is 3.23. The Balaban J connectivity index is 1.76. The second kappa shape index (κ2) is 4.74. The summed E-state index contributed by atoms with van der Waals surface area (Å²) >= 11 is 1.99. The second-order valence-corrected chi connectivity index (χ2v) is 7.07. The molecule has 2 aliphatic rings. The van der Waals surface area contributed by atoms with Crippen molar-refractivity contribution in [1.29, 1.82) is 0 Å². The maximum absolute atomic E-state index is 4.73. The van der Waals surface area contributed by atoms with Gasteiger partial charge in [0.1, 0.15) is 5.82 Å². The lowest BCUT2D eigenvalue weighted by atomic mass is 10.1. The van der Waals surface area contributed by atoms with Crippen LogP contribution in [0.25, 0.3) is 0 Å². The van der Waals surface area contributed by atoms with Crippen molar-refractivity contribution >= 4 is 17.7 Å². The molecule has 5 nitrogen and oxygen atoms in total. The van der Waals surface area contributed by atoms with Crippen LogP contribution in [0.4, 0.5) is 5.95 Å². The van der Waals surface area contributed by atoms with Gasteiger partial charge in [0.2, 0.25) is 5.95 Å². The average Bonchev–Trinajstić information content (AvgIpc) is 2.98. The van der Waals surface area contributed by atoms with Gasteiger partial charge < -0.3 is 10.2 Å². The number of hydrogen-bond acceptors (Lipinski definition) is 5. The molecule has 2 fully saturated rings. The minimum Gasteiger partial charge on any atom is -0.337 e. The van der Waals surface area contributed by atoms with Gasteiger partial charge in [0.05, 0.1) is 4.75 Å². The van der Waals surface area contributed by atoms with Gasteiger partial charge in [-0.05, 0) is 32.4 Å². The van der Waals surface area contributed by atoms with E-state index >= 15 is 0 Å². The molecule has 18 heavy (non-hydrogen) atoms. The van der Waals surface area contributed by atoms with Gasteiger partial charge in [-0.1, -0.05) is 0 Å². The number of anilines is 1. The number of aromatic nitrogens is 3. The van der Waals surface area contributed by atoms with E-state index in [0.29, 0.717) is 6.04 Å². The van der Waals surface area contributed by atoms with Gasteiger partial charge in [-0.25, -0.2) is 0 Å². The SMILES string of the molecule is CC1CN(c2n[nH]c(C3(C)CCCS3)n2)CCN1. The van der Waals surface area contributed by atoms with Crippen molar-refractivity contribution in [2.45, 2.75) is 37.5 Å². The first-order chi connectivity index (χ1) is 8.67. The fourth-order valence-corrected chi connectivity index (χ4v) is 3.97. The quantitative estimate of drug-likeness (QED) is 0.847. The Morgan fingerprint density at radius 1 is 1.50 bits per heavy atom. The third-order valence-corrected chi connectivity index (χ3v) is 5.37. The minimum absolute atomic E-state index is 0.144. The first-order valence-corrected chi connectivity index (χ1v) is 7.71. The van der Waals surface area contributed by atoms with Crippen LogP contribution in [0.1, 0.15) is 32.5 Å². The van der Waals surface area contributed by atoms with Crippen LogP contribution in [-0.2, 0) is 4.75 Å². The summed E-state index contributed by atoms with van der Waals surface area (Å²) in [7, 11) is 0. The summed E-state index contributed by atoms with van der Waals surface area (Å²) in [5, 5.41) is 11.0. The number of nitrogens with one attached hydrogen (secondary N) is 2. The van der Waals surface area contributed by atoms with Gasteiger partial charge in [-0.2, -0.15) is 4.98 Å². The van der Waals surface area contributed by atoms with E-state index in [0.717, 1.165) is 31.4 Å². The molecule has 2 unspecified atom stereocenters.